The molecule has 1 heterocycles. The van der Waals surface area contributed by atoms with Gasteiger partial charge in [0.05, 0.1) is 6.10 Å². The maximum atomic E-state index is 10.8. The highest BCUT2D eigenvalue weighted by Crippen LogP contribution is 2.48. The molecule has 1 aromatic rings. The fraction of sp³-hybridized carbons (Fsp3) is 0.767. The number of rotatable bonds is 10. The van der Waals surface area contributed by atoms with Crippen LogP contribution < -0.4 is 4.74 Å². The highest BCUT2D eigenvalue weighted by Gasteiger charge is 2.44. The van der Waals surface area contributed by atoms with E-state index in [1.54, 1.807) is 0 Å². The van der Waals surface area contributed by atoms with Gasteiger partial charge in [-0.05, 0) is 79.9 Å². The van der Waals surface area contributed by atoms with Crippen molar-refractivity contribution in [3.8, 4) is 5.75 Å². The standard InChI is InChI=1S/C23H34O4.C5H10O2.C2H6/c1-2-3-4-5-6-7-10-18-19-12-16-9-8-11-22(27-15-23(25)26)20(16)13-17(19)14-21(18)24;6-5-3-1-2-4-7-5;1-2/h8-9,11,17-19,21,24H,2-7,10,12-15H2,1H3,(H,25,26);5-6H,1-4H2;1-2H3/t17?,18?,19?,21-;;/m1../s1. The van der Waals surface area contributed by atoms with Crippen LogP contribution in [0.5, 0.6) is 5.75 Å². The van der Waals surface area contributed by atoms with E-state index in [2.05, 4.69) is 13.0 Å². The van der Waals surface area contributed by atoms with Crippen LogP contribution >= 0.6 is 0 Å². The Morgan fingerprint density at radius 1 is 1.06 bits per heavy atom. The molecule has 2 fully saturated rings. The van der Waals surface area contributed by atoms with Gasteiger partial charge in [0.1, 0.15) is 5.75 Å². The topological polar surface area (TPSA) is 96.2 Å². The summed E-state index contributed by atoms with van der Waals surface area (Å²) in [6, 6.07) is 5.98. The van der Waals surface area contributed by atoms with Gasteiger partial charge in [-0.1, -0.05) is 71.4 Å². The Labute approximate surface area is 218 Å². The molecular formula is C30H50O6. The Morgan fingerprint density at radius 3 is 2.44 bits per heavy atom. The van der Waals surface area contributed by atoms with Gasteiger partial charge in [0, 0.05) is 6.61 Å². The summed E-state index contributed by atoms with van der Waals surface area (Å²) in [5, 5.41) is 28.3. The van der Waals surface area contributed by atoms with E-state index in [4.69, 9.17) is 19.7 Å². The van der Waals surface area contributed by atoms with Crippen molar-refractivity contribution in [2.45, 2.75) is 117 Å². The second-order valence-electron chi connectivity index (χ2n) is 10.3. The molecule has 5 atom stereocenters. The minimum atomic E-state index is -0.948. The number of aliphatic hydroxyl groups is 2. The minimum Gasteiger partial charge on any atom is -0.482 e. The third kappa shape index (κ3) is 9.68. The fourth-order valence-corrected chi connectivity index (χ4v) is 5.96. The summed E-state index contributed by atoms with van der Waals surface area (Å²) in [5.74, 6) is 1.22. The van der Waals surface area contributed by atoms with Crippen LogP contribution in [0.15, 0.2) is 18.2 Å². The van der Waals surface area contributed by atoms with Gasteiger partial charge in [-0.2, -0.15) is 0 Å². The van der Waals surface area contributed by atoms with Crippen LogP contribution in [0.4, 0.5) is 0 Å². The van der Waals surface area contributed by atoms with Crippen molar-refractivity contribution in [2.75, 3.05) is 13.2 Å². The summed E-state index contributed by atoms with van der Waals surface area (Å²) in [6.07, 6.45) is 14.1. The van der Waals surface area contributed by atoms with Crippen LogP contribution in [0.1, 0.15) is 103 Å². The number of carbonyl (C=O) groups is 1. The maximum Gasteiger partial charge on any atom is 0.341 e. The zero-order chi connectivity index (χ0) is 26.3. The Bertz CT molecular complexity index is 745. The van der Waals surface area contributed by atoms with Crippen molar-refractivity contribution in [1.82, 2.24) is 0 Å². The van der Waals surface area contributed by atoms with Crippen LogP contribution in [0.3, 0.4) is 0 Å². The molecule has 206 valence electrons. The number of ether oxygens (including phenoxy) is 2. The van der Waals surface area contributed by atoms with Crippen LogP contribution in [0.2, 0.25) is 0 Å². The van der Waals surface area contributed by atoms with Crippen molar-refractivity contribution in [3.63, 3.8) is 0 Å². The van der Waals surface area contributed by atoms with Gasteiger partial charge < -0.3 is 24.8 Å². The molecule has 4 rings (SSSR count). The highest BCUT2D eigenvalue weighted by atomic mass is 16.6. The number of fused-ring (bicyclic) bond motifs is 2. The average Bonchev–Trinajstić information content (AvgIpc) is 3.19. The van der Waals surface area contributed by atoms with E-state index in [0.717, 1.165) is 57.1 Å². The zero-order valence-electron chi connectivity index (χ0n) is 22.8. The number of unbranched alkanes of at least 4 members (excludes halogenated alkanes) is 5. The third-order valence-corrected chi connectivity index (χ3v) is 7.74. The molecule has 2 aliphatic carbocycles. The largest absolute Gasteiger partial charge is 0.482 e. The lowest BCUT2D eigenvalue weighted by Gasteiger charge is -2.32. The second-order valence-corrected chi connectivity index (χ2v) is 10.3. The number of carboxylic acid groups (broad SMARTS) is 1. The summed E-state index contributed by atoms with van der Waals surface area (Å²) < 4.78 is 10.4. The van der Waals surface area contributed by atoms with E-state index in [1.807, 2.05) is 26.0 Å². The third-order valence-electron chi connectivity index (χ3n) is 7.74. The zero-order valence-corrected chi connectivity index (χ0v) is 22.8. The molecule has 3 aliphatic rings. The first-order valence-electron chi connectivity index (χ1n) is 14.4. The van der Waals surface area contributed by atoms with Gasteiger partial charge in [-0.15, -0.1) is 0 Å². The van der Waals surface area contributed by atoms with Gasteiger partial charge in [0.2, 0.25) is 0 Å². The second kappa shape index (κ2) is 17.0. The van der Waals surface area contributed by atoms with E-state index in [9.17, 15) is 9.90 Å². The van der Waals surface area contributed by atoms with E-state index < -0.39 is 12.3 Å². The van der Waals surface area contributed by atoms with Crippen LogP contribution in [0.25, 0.3) is 0 Å². The lowest BCUT2D eigenvalue weighted by atomic mass is 9.73. The smallest absolute Gasteiger partial charge is 0.341 e. The Kier molecular flexibility index (Phi) is 14.4. The molecule has 3 N–H and O–H groups in total. The van der Waals surface area contributed by atoms with E-state index in [0.29, 0.717) is 23.5 Å². The monoisotopic (exact) mass is 506 g/mol. The van der Waals surface area contributed by atoms with Crippen molar-refractivity contribution < 1.29 is 29.6 Å². The molecule has 1 saturated heterocycles. The maximum absolute atomic E-state index is 10.8. The average molecular weight is 507 g/mol. The van der Waals surface area contributed by atoms with E-state index in [-0.39, 0.29) is 12.7 Å². The number of aliphatic hydroxyl groups excluding tert-OH is 2. The summed E-state index contributed by atoms with van der Waals surface area (Å²) in [4.78, 5) is 10.8. The van der Waals surface area contributed by atoms with Crippen LogP contribution in [-0.2, 0) is 22.4 Å². The molecule has 36 heavy (non-hydrogen) atoms. The molecule has 6 heteroatoms. The molecule has 1 aliphatic heterocycles. The molecule has 6 nitrogen and oxygen atoms in total. The van der Waals surface area contributed by atoms with Crippen molar-refractivity contribution >= 4 is 5.97 Å². The first-order chi connectivity index (χ1) is 17.5. The molecule has 0 radical (unpaired) electrons. The fourth-order valence-electron chi connectivity index (χ4n) is 5.96. The van der Waals surface area contributed by atoms with Crippen LogP contribution in [-0.4, -0.2) is 46.9 Å². The van der Waals surface area contributed by atoms with Gasteiger partial charge >= 0.3 is 5.97 Å². The van der Waals surface area contributed by atoms with Gasteiger partial charge in [-0.3, -0.25) is 0 Å². The Hall–Kier alpha value is -1.63. The van der Waals surface area contributed by atoms with E-state index >= 15 is 0 Å². The number of hydrogen-bond donors (Lipinski definition) is 3. The molecule has 1 saturated carbocycles. The predicted octanol–water partition coefficient (Wildman–Crippen LogP) is 6.14. The number of benzene rings is 1. The molecule has 0 aromatic heterocycles. The Balaban J connectivity index is 0.000000431. The molecule has 0 bridgehead atoms. The lowest BCUT2D eigenvalue weighted by molar-refractivity contribution is -0.139. The molecule has 1 aromatic carbocycles. The number of carboxylic acids is 1. The SMILES string of the molecule is CC.CCCCCCCCC1C2Cc3cccc(OCC(=O)O)c3CC2C[C@H]1O.OC1CCCCO1. The predicted molar refractivity (Wildman–Crippen MR) is 143 cm³/mol. The minimum absolute atomic E-state index is 0.187. The van der Waals surface area contributed by atoms with E-state index in [1.165, 1.54) is 44.1 Å². The summed E-state index contributed by atoms with van der Waals surface area (Å²) >= 11 is 0. The van der Waals surface area contributed by atoms with Crippen molar-refractivity contribution in [1.29, 1.82) is 0 Å². The normalized spacial score (nSPS) is 26.4. The van der Waals surface area contributed by atoms with Gasteiger partial charge in [0.25, 0.3) is 0 Å². The highest BCUT2D eigenvalue weighted by molar-refractivity contribution is 5.68. The summed E-state index contributed by atoms with van der Waals surface area (Å²) in [5.41, 5.74) is 2.44. The quantitative estimate of drug-likeness (QED) is 0.330. The first-order valence-corrected chi connectivity index (χ1v) is 14.4. The Morgan fingerprint density at radius 2 is 1.81 bits per heavy atom. The van der Waals surface area contributed by atoms with Crippen LogP contribution in [0, 0.1) is 17.8 Å². The summed E-state index contributed by atoms with van der Waals surface area (Å²) in [7, 11) is 0. The molecular weight excluding hydrogens is 456 g/mol. The summed E-state index contributed by atoms with van der Waals surface area (Å²) in [6.45, 7) is 6.68. The molecule has 0 amide bonds. The number of aliphatic carboxylic acids is 1. The van der Waals surface area contributed by atoms with Gasteiger partial charge in [-0.25, -0.2) is 4.79 Å². The molecule has 0 spiro atoms. The van der Waals surface area contributed by atoms with Gasteiger partial charge in [0.15, 0.2) is 12.9 Å². The van der Waals surface area contributed by atoms with Crippen molar-refractivity contribution in [2.24, 2.45) is 17.8 Å². The van der Waals surface area contributed by atoms with Crippen molar-refractivity contribution in [3.05, 3.63) is 29.3 Å². The molecule has 4 unspecified atom stereocenters. The first kappa shape index (κ1) is 30.6. The number of hydrogen-bond acceptors (Lipinski definition) is 5. The lowest BCUT2D eigenvalue weighted by Crippen LogP contribution is -2.27.